The summed E-state index contributed by atoms with van der Waals surface area (Å²) in [6.45, 7) is 3.13. The van der Waals surface area contributed by atoms with Crippen LogP contribution in [0.2, 0.25) is 0 Å². The molecule has 1 unspecified atom stereocenters. The number of carbonyl (C=O) groups is 2. The molecule has 0 saturated carbocycles. The molecule has 3 aromatic carbocycles. The number of hydrogen-bond donors (Lipinski definition) is 1. The third-order valence-corrected chi connectivity index (χ3v) is 5.88. The van der Waals surface area contributed by atoms with Crippen molar-refractivity contribution in [2.24, 2.45) is 0 Å². The fourth-order valence-electron chi connectivity index (χ4n) is 4.24. The summed E-state index contributed by atoms with van der Waals surface area (Å²) in [6.07, 6.45) is 0.545. The first kappa shape index (κ1) is 25.0. The van der Waals surface area contributed by atoms with Crippen molar-refractivity contribution in [1.82, 2.24) is 4.90 Å². The van der Waals surface area contributed by atoms with Gasteiger partial charge < -0.3 is 24.2 Å². The smallest absolute Gasteiger partial charge is 0.295 e. The second kappa shape index (κ2) is 11.6. The minimum Gasteiger partial charge on any atom is -0.507 e. The molecule has 1 amide bonds. The number of ether oxygens (including phenoxy) is 3. The highest BCUT2D eigenvalue weighted by Gasteiger charge is 2.45. The van der Waals surface area contributed by atoms with Gasteiger partial charge in [0.15, 0.2) is 0 Å². The van der Waals surface area contributed by atoms with Crippen molar-refractivity contribution in [3.8, 4) is 17.2 Å². The number of Topliss-reactive ketones (excluding diaryl/α,β-unsaturated/α-hetero) is 1. The van der Waals surface area contributed by atoms with Crippen molar-refractivity contribution in [3.63, 3.8) is 0 Å². The number of rotatable bonds is 10. The third kappa shape index (κ3) is 5.42. The molecule has 1 heterocycles. The Morgan fingerprint density at radius 1 is 0.917 bits per heavy atom. The molecule has 3 aromatic rings. The maximum Gasteiger partial charge on any atom is 0.295 e. The summed E-state index contributed by atoms with van der Waals surface area (Å²) in [5, 5.41) is 11.2. The average Bonchev–Trinajstić information content (AvgIpc) is 3.15. The fraction of sp³-hybridized carbons (Fsp3) is 0.241. The largest absolute Gasteiger partial charge is 0.507 e. The van der Waals surface area contributed by atoms with Gasteiger partial charge in [0.2, 0.25) is 0 Å². The van der Waals surface area contributed by atoms with E-state index in [4.69, 9.17) is 14.2 Å². The Labute approximate surface area is 210 Å². The van der Waals surface area contributed by atoms with Gasteiger partial charge in [0, 0.05) is 25.8 Å². The van der Waals surface area contributed by atoms with Crippen molar-refractivity contribution >= 4 is 17.4 Å². The molecule has 0 aliphatic carbocycles. The van der Waals surface area contributed by atoms with Crippen molar-refractivity contribution in [1.29, 1.82) is 0 Å². The number of amides is 1. The summed E-state index contributed by atoms with van der Waals surface area (Å²) in [4.78, 5) is 27.8. The SMILES string of the molecule is CCOc1ccc(/C(O)=C2\C(=O)C(=O)N(CCCOC)C2c2cccc(Oc3ccccc3)c2)cc1. The zero-order valence-electron chi connectivity index (χ0n) is 20.3. The van der Waals surface area contributed by atoms with Gasteiger partial charge in [-0.1, -0.05) is 30.3 Å². The highest BCUT2D eigenvalue weighted by Crippen LogP contribution is 2.40. The number of aliphatic hydroxyl groups excluding tert-OH is 1. The summed E-state index contributed by atoms with van der Waals surface area (Å²) in [5.41, 5.74) is 1.13. The quantitative estimate of drug-likeness (QED) is 0.180. The minimum atomic E-state index is -0.771. The van der Waals surface area contributed by atoms with E-state index in [0.29, 0.717) is 54.6 Å². The van der Waals surface area contributed by atoms with Crippen LogP contribution in [0.5, 0.6) is 17.2 Å². The van der Waals surface area contributed by atoms with Crippen LogP contribution in [-0.4, -0.2) is 48.6 Å². The van der Waals surface area contributed by atoms with Gasteiger partial charge in [-0.05, 0) is 67.4 Å². The zero-order valence-corrected chi connectivity index (χ0v) is 20.3. The molecule has 0 bridgehead atoms. The minimum absolute atomic E-state index is 0.0402. The molecule has 1 saturated heterocycles. The molecular formula is C29H29NO6. The van der Waals surface area contributed by atoms with Crippen molar-refractivity contribution in [2.75, 3.05) is 26.9 Å². The molecule has 1 aliphatic rings. The van der Waals surface area contributed by atoms with E-state index >= 15 is 0 Å². The third-order valence-electron chi connectivity index (χ3n) is 5.88. The van der Waals surface area contributed by atoms with E-state index in [-0.39, 0.29) is 11.3 Å². The van der Waals surface area contributed by atoms with Crippen LogP contribution in [0.4, 0.5) is 0 Å². The van der Waals surface area contributed by atoms with Gasteiger partial charge >= 0.3 is 0 Å². The van der Waals surface area contributed by atoms with Gasteiger partial charge in [0.25, 0.3) is 11.7 Å². The number of carbonyl (C=O) groups excluding carboxylic acids is 2. The van der Waals surface area contributed by atoms with E-state index in [1.54, 1.807) is 49.6 Å². The van der Waals surface area contributed by atoms with Gasteiger partial charge in [-0.25, -0.2) is 0 Å². The molecule has 1 aliphatic heterocycles. The topological polar surface area (TPSA) is 85.3 Å². The summed E-state index contributed by atoms with van der Waals surface area (Å²) < 4.78 is 16.6. The van der Waals surface area contributed by atoms with Gasteiger partial charge in [-0.3, -0.25) is 9.59 Å². The maximum atomic E-state index is 13.2. The molecule has 4 rings (SSSR count). The van der Waals surface area contributed by atoms with Crippen LogP contribution in [0.3, 0.4) is 0 Å². The Kier molecular flexibility index (Phi) is 8.02. The Morgan fingerprint density at radius 2 is 1.64 bits per heavy atom. The van der Waals surface area contributed by atoms with E-state index in [1.165, 1.54) is 4.90 Å². The lowest BCUT2D eigenvalue weighted by molar-refractivity contribution is -0.140. The zero-order chi connectivity index (χ0) is 25.5. The van der Waals surface area contributed by atoms with E-state index in [1.807, 2.05) is 43.3 Å². The van der Waals surface area contributed by atoms with Crippen molar-refractivity contribution < 1.29 is 28.9 Å². The van der Waals surface area contributed by atoms with Crippen LogP contribution >= 0.6 is 0 Å². The van der Waals surface area contributed by atoms with Crippen LogP contribution in [0.25, 0.3) is 5.76 Å². The first-order valence-electron chi connectivity index (χ1n) is 11.9. The fourth-order valence-corrected chi connectivity index (χ4v) is 4.24. The number of likely N-dealkylation sites (tertiary alicyclic amines) is 1. The summed E-state index contributed by atoms with van der Waals surface area (Å²) >= 11 is 0. The molecular weight excluding hydrogens is 458 g/mol. The number of para-hydroxylation sites is 1. The molecule has 7 nitrogen and oxygen atoms in total. The number of aliphatic hydroxyl groups is 1. The monoisotopic (exact) mass is 487 g/mol. The van der Waals surface area contributed by atoms with E-state index in [9.17, 15) is 14.7 Å². The number of ketones is 1. The Hall–Kier alpha value is -4.10. The Morgan fingerprint density at radius 3 is 2.33 bits per heavy atom. The van der Waals surface area contributed by atoms with Crippen molar-refractivity contribution in [2.45, 2.75) is 19.4 Å². The van der Waals surface area contributed by atoms with Gasteiger partial charge in [-0.2, -0.15) is 0 Å². The van der Waals surface area contributed by atoms with Crippen LogP contribution in [0, 0.1) is 0 Å². The predicted octanol–water partition coefficient (Wildman–Crippen LogP) is 5.34. The second-order valence-corrected chi connectivity index (χ2v) is 8.28. The van der Waals surface area contributed by atoms with E-state index in [2.05, 4.69) is 0 Å². The molecule has 1 atom stereocenters. The second-order valence-electron chi connectivity index (χ2n) is 8.28. The van der Waals surface area contributed by atoms with E-state index < -0.39 is 17.7 Å². The molecule has 0 radical (unpaired) electrons. The summed E-state index contributed by atoms with van der Waals surface area (Å²) in [7, 11) is 1.59. The lowest BCUT2D eigenvalue weighted by atomic mass is 9.95. The molecule has 1 N–H and O–H groups in total. The van der Waals surface area contributed by atoms with Crippen LogP contribution in [0.15, 0.2) is 84.4 Å². The number of hydrogen-bond acceptors (Lipinski definition) is 6. The van der Waals surface area contributed by atoms with Gasteiger partial charge in [0.05, 0.1) is 18.2 Å². The van der Waals surface area contributed by atoms with E-state index in [0.717, 1.165) is 0 Å². The normalized spacial score (nSPS) is 16.8. The lowest BCUT2D eigenvalue weighted by Crippen LogP contribution is -2.31. The molecule has 0 aromatic heterocycles. The molecule has 7 heteroatoms. The maximum absolute atomic E-state index is 13.2. The summed E-state index contributed by atoms with van der Waals surface area (Å²) in [6, 6.07) is 22.6. The first-order chi connectivity index (χ1) is 17.5. The molecule has 186 valence electrons. The number of methoxy groups -OCH3 is 1. The number of nitrogens with zero attached hydrogens (tertiary/aromatic N) is 1. The predicted molar refractivity (Wildman–Crippen MR) is 136 cm³/mol. The highest BCUT2D eigenvalue weighted by atomic mass is 16.5. The Balaban J connectivity index is 1.76. The molecule has 1 fully saturated rings. The average molecular weight is 488 g/mol. The van der Waals surface area contributed by atoms with Crippen LogP contribution < -0.4 is 9.47 Å². The lowest BCUT2D eigenvalue weighted by Gasteiger charge is -2.25. The van der Waals surface area contributed by atoms with Gasteiger partial charge in [-0.15, -0.1) is 0 Å². The Bertz CT molecular complexity index is 1240. The first-order valence-corrected chi connectivity index (χ1v) is 11.9. The standard InChI is InChI=1S/C29H29NO6/c1-3-35-22-15-13-20(14-16-22)27(31)25-26(30(17-8-18-34-2)29(33)28(25)32)21-9-7-12-24(19-21)36-23-10-5-4-6-11-23/h4-7,9-16,19,26,31H,3,8,17-18H2,1-2H3/b27-25+. The van der Waals surface area contributed by atoms with Gasteiger partial charge in [0.1, 0.15) is 23.0 Å². The van der Waals surface area contributed by atoms with Crippen LogP contribution in [0.1, 0.15) is 30.5 Å². The molecule has 36 heavy (non-hydrogen) atoms. The summed E-state index contributed by atoms with van der Waals surface area (Å²) in [5.74, 6) is 0.262. The van der Waals surface area contributed by atoms with Crippen LogP contribution in [-0.2, 0) is 14.3 Å². The number of benzene rings is 3. The van der Waals surface area contributed by atoms with Crippen molar-refractivity contribution in [3.05, 3.63) is 95.6 Å². The molecule has 0 spiro atoms. The highest BCUT2D eigenvalue weighted by molar-refractivity contribution is 6.46.